The van der Waals surface area contributed by atoms with Crippen LogP contribution in [-0.4, -0.2) is 10.8 Å². The van der Waals surface area contributed by atoms with Crippen molar-refractivity contribution in [3.05, 3.63) is 71.9 Å². The first-order valence-corrected chi connectivity index (χ1v) is 9.60. The number of para-hydroxylation sites is 1. The van der Waals surface area contributed by atoms with E-state index in [9.17, 15) is 0 Å². The Labute approximate surface area is 164 Å². The van der Waals surface area contributed by atoms with Gasteiger partial charge in [-0.3, -0.25) is 5.41 Å². The summed E-state index contributed by atoms with van der Waals surface area (Å²) in [6.45, 7) is 0. The maximum Gasteiger partial charge on any atom is 0.135 e. The molecule has 4 rings (SSSR count). The number of pyridine rings is 1. The van der Waals surface area contributed by atoms with Crippen molar-refractivity contribution in [3.63, 3.8) is 0 Å². The minimum absolute atomic E-state index is 0.0671. The van der Waals surface area contributed by atoms with E-state index in [1.807, 2.05) is 54.6 Å². The number of anilines is 1. The quantitative estimate of drug-likeness (QED) is 0.430. The number of rotatable bonds is 5. The Balaban J connectivity index is 1.69. The summed E-state index contributed by atoms with van der Waals surface area (Å²) in [5, 5.41) is 7.97. The van der Waals surface area contributed by atoms with Gasteiger partial charge in [0.25, 0.3) is 0 Å². The normalized spacial score (nSPS) is 14.1. The van der Waals surface area contributed by atoms with E-state index in [-0.39, 0.29) is 5.84 Å². The molecule has 5 heteroatoms. The second-order valence-electron chi connectivity index (χ2n) is 7.19. The third-order valence-electron chi connectivity index (χ3n) is 5.25. The van der Waals surface area contributed by atoms with Crippen LogP contribution < -0.4 is 16.2 Å². The van der Waals surface area contributed by atoms with Crippen molar-refractivity contribution in [1.29, 1.82) is 5.41 Å². The highest BCUT2D eigenvalue weighted by atomic mass is 16.5. The van der Waals surface area contributed by atoms with Gasteiger partial charge in [0.2, 0.25) is 0 Å². The molecule has 0 radical (unpaired) electrons. The van der Waals surface area contributed by atoms with Gasteiger partial charge in [-0.25, -0.2) is 4.98 Å². The number of amidine groups is 1. The lowest BCUT2D eigenvalue weighted by Crippen LogP contribution is -2.17. The minimum Gasteiger partial charge on any atom is -0.457 e. The van der Waals surface area contributed by atoms with Gasteiger partial charge in [-0.05, 0) is 54.3 Å². The number of nitrogens with two attached hydrogens (primary N) is 2. The largest absolute Gasteiger partial charge is 0.457 e. The highest BCUT2D eigenvalue weighted by molar-refractivity contribution is 6.05. The fourth-order valence-electron chi connectivity index (χ4n) is 3.85. The summed E-state index contributed by atoms with van der Waals surface area (Å²) in [6.07, 6.45) is 4.72. The first-order chi connectivity index (χ1) is 13.6. The first kappa shape index (κ1) is 18.0. The molecule has 0 aliphatic heterocycles. The SMILES string of the molecule is N=C(N)c1c(-c2ccc(Oc3ccccc3)cc2)cc(C2CCCC2)nc1N. The van der Waals surface area contributed by atoms with Crippen LogP contribution in [0.5, 0.6) is 11.5 Å². The summed E-state index contributed by atoms with van der Waals surface area (Å²) in [7, 11) is 0. The predicted octanol–water partition coefficient (Wildman–Crippen LogP) is 5.06. The van der Waals surface area contributed by atoms with Crippen LogP contribution in [0.25, 0.3) is 11.1 Å². The Bertz CT molecular complexity index is 977. The zero-order valence-electron chi connectivity index (χ0n) is 15.7. The van der Waals surface area contributed by atoms with Crippen molar-refractivity contribution in [3.8, 4) is 22.6 Å². The summed E-state index contributed by atoms with van der Waals surface area (Å²) in [4.78, 5) is 4.57. The van der Waals surface area contributed by atoms with Crippen LogP contribution in [0, 0.1) is 5.41 Å². The standard InChI is InChI=1S/C23H24N4O/c24-22(25)21-19(14-20(27-23(21)26)16-6-4-5-7-16)15-10-12-18(13-11-15)28-17-8-2-1-3-9-17/h1-3,8-14,16H,4-7H2,(H3,24,25)(H2,26,27). The Morgan fingerprint density at radius 2 is 1.61 bits per heavy atom. The third kappa shape index (κ3) is 3.69. The van der Waals surface area contributed by atoms with Gasteiger partial charge in [0.1, 0.15) is 23.2 Å². The van der Waals surface area contributed by atoms with E-state index in [4.69, 9.17) is 21.6 Å². The van der Waals surface area contributed by atoms with Gasteiger partial charge in [-0.2, -0.15) is 0 Å². The number of nitrogen functional groups attached to an aromatic ring is 2. The predicted molar refractivity (Wildman–Crippen MR) is 113 cm³/mol. The van der Waals surface area contributed by atoms with Gasteiger partial charge in [-0.15, -0.1) is 0 Å². The van der Waals surface area contributed by atoms with Gasteiger partial charge in [0.05, 0.1) is 5.56 Å². The Kier molecular flexibility index (Phi) is 4.98. The van der Waals surface area contributed by atoms with Gasteiger partial charge in [-0.1, -0.05) is 43.2 Å². The van der Waals surface area contributed by atoms with E-state index in [0.29, 0.717) is 17.3 Å². The molecule has 1 saturated carbocycles. The Morgan fingerprint density at radius 3 is 2.25 bits per heavy atom. The van der Waals surface area contributed by atoms with Crippen molar-refractivity contribution in [2.75, 3.05) is 5.73 Å². The topological polar surface area (TPSA) is 98.0 Å². The van der Waals surface area contributed by atoms with E-state index < -0.39 is 0 Å². The summed E-state index contributed by atoms with van der Waals surface area (Å²) in [5.41, 5.74) is 15.3. The number of hydrogen-bond donors (Lipinski definition) is 3. The van der Waals surface area contributed by atoms with Crippen LogP contribution in [-0.2, 0) is 0 Å². The second kappa shape index (κ2) is 7.72. The van der Waals surface area contributed by atoms with E-state index in [1.54, 1.807) is 0 Å². The van der Waals surface area contributed by atoms with Crippen molar-refractivity contribution in [1.82, 2.24) is 4.98 Å². The lowest BCUT2D eigenvalue weighted by atomic mass is 9.94. The molecule has 5 N–H and O–H groups in total. The molecule has 0 unspecified atom stereocenters. The van der Waals surface area contributed by atoms with Crippen LogP contribution >= 0.6 is 0 Å². The summed E-state index contributed by atoms with van der Waals surface area (Å²) in [6, 6.07) is 19.5. The molecule has 0 atom stereocenters. The molecule has 1 fully saturated rings. The van der Waals surface area contributed by atoms with E-state index in [1.165, 1.54) is 12.8 Å². The monoisotopic (exact) mass is 372 g/mol. The summed E-state index contributed by atoms with van der Waals surface area (Å²) < 4.78 is 5.87. The molecule has 1 heterocycles. The third-order valence-corrected chi connectivity index (χ3v) is 5.25. The number of aromatic nitrogens is 1. The number of benzene rings is 2. The van der Waals surface area contributed by atoms with Gasteiger partial charge < -0.3 is 16.2 Å². The number of nitrogens with zero attached hydrogens (tertiary/aromatic N) is 1. The van der Waals surface area contributed by atoms with E-state index >= 15 is 0 Å². The zero-order valence-corrected chi connectivity index (χ0v) is 15.7. The van der Waals surface area contributed by atoms with Crippen LogP contribution in [0.3, 0.4) is 0 Å². The van der Waals surface area contributed by atoms with Gasteiger partial charge in [0.15, 0.2) is 0 Å². The fraction of sp³-hybridized carbons (Fsp3) is 0.217. The summed E-state index contributed by atoms with van der Waals surface area (Å²) in [5.74, 6) is 2.23. The van der Waals surface area contributed by atoms with Crippen molar-refractivity contribution in [2.45, 2.75) is 31.6 Å². The average Bonchev–Trinajstić information content (AvgIpc) is 3.23. The smallest absolute Gasteiger partial charge is 0.135 e. The molecule has 1 aliphatic carbocycles. The molecular weight excluding hydrogens is 348 g/mol. The second-order valence-corrected chi connectivity index (χ2v) is 7.19. The highest BCUT2D eigenvalue weighted by Crippen LogP contribution is 2.37. The lowest BCUT2D eigenvalue weighted by Gasteiger charge is -2.16. The van der Waals surface area contributed by atoms with Crippen LogP contribution in [0.2, 0.25) is 0 Å². The summed E-state index contributed by atoms with van der Waals surface area (Å²) >= 11 is 0. The molecular formula is C23H24N4O. The molecule has 2 aromatic carbocycles. The Morgan fingerprint density at radius 1 is 0.964 bits per heavy atom. The molecule has 142 valence electrons. The number of ether oxygens (including phenoxy) is 1. The van der Waals surface area contributed by atoms with Gasteiger partial charge >= 0.3 is 0 Å². The molecule has 5 nitrogen and oxygen atoms in total. The van der Waals surface area contributed by atoms with Gasteiger partial charge in [0, 0.05) is 11.6 Å². The zero-order chi connectivity index (χ0) is 19.5. The van der Waals surface area contributed by atoms with Crippen molar-refractivity contribution >= 4 is 11.7 Å². The molecule has 3 aromatic rings. The molecule has 0 spiro atoms. The number of nitrogens with one attached hydrogen (secondary N) is 1. The number of hydrogen-bond acceptors (Lipinski definition) is 4. The van der Waals surface area contributed by atoms with E-state index in [2.05, 4.69) is 11.1 Å². The molecule has 1 aromatic heterocycles. The molecule has 0 amide bonds. The molecule has 0 bridgehead atoms. The maximum absolute atomic E-state index is 7.97. The average molecular weight is 372 g/mol. The van der Waals surface area contributed by atoms with Crippen LogP contribution in [0.1, 0.15) is 42.9 Å². The molecule has 28 heavy (non-hydrogen) atoms. The highest BCUT2D eigenvalue weighted by Gasteiger charge is 2.22. The maximum atomic E-state index is 7.97. The van der Waals surface area contributed by atoms with Crippen LogP contribution in [0.15, 0.2) is 60.7 Å². The van der Waals surface area contributed by atoms with Crippen LogP contribution in [0.4, 0.5) is 5.82 Å². The Hall–Kier alpha value is -3.34. The molecule has 1 aliphatic rings. The lowest BCUT2D eigenvalue weighted by molar-refractivity contribution is 0.483. The first-order valence-electron chi connectivity index (χ1n) is 9.60. The molecule has 0 saturated heterocycles. The van der Waals surface area contributed by atoms with Crippen molar-refractivity contribution in [2.24, 2.45) is 5.73 Å². The van der Waals surface area contributed by atoms with E-state index in [0.717, 1.165) is 41.2 Å². The fourth-order valence-corrected chi connectivity index (χ4v) is 3.85. The minimum atomic E-state index is -0.0671. The van der Waals surface area contributed by atoms with Crippen molar-refractivity contribution < 1.29 is 4.74 Å².